The maximum absolute atomic E-state index is 5.89. The molecule has 0 aromatic heterocycles. The van der Waals surface area contributed by atoms with E-state index in [0.717, 1.165) is 17.9 Å². The maximum Gasteiger partial charge on any atom is 0.126 e. The molecule has 1 atom stereocenters. The molecule has 0 aliphatic heterocycles. The van der Waals surface area contributed by atoms with Crippen molar-refractivity contribution in [2.24, 2.45) is 0 Å². The normalized spacial score (nSPS) is 12.1. The third-order valence-electron chi connectivity index (χ3n) is 5.29. The van der Waals surface area contributed by atoms with Gasteiger partial charge in [0.2, 0.25) is 0 Å². The van der Waals surface area contributed by atoms with E-state index in [-0.39, 0.29) is 0 Å². The van der Waals surface area contributed by atoms with Gasteiger partial charge in [0.25, 0.3) is 0 Å². The molecular formula is C23H32O2. The molecule has 0 N–H and O–H groups in total. The Hall–Kier alpha value is -1.96. The van der Waals surface area contributed by atoms with Gasteiger partial charge in [0.05, 0.1) is 14.2 Å². The first kappa shape index (κ1) is 19.4. The fourth-order valence-electron chi connectivity index (χ4n) is 3.87. The van der Waals surface area contributed by atoms with Crippen LogP contribution in [0, 0.1) is 20.8 Å². The zero-order chi connectivity index (χ0) is 18.4. The van der Waals surface area contributed by atoms with Gasteiger partial charge < -0.3 is 9.47 Å². The number of hydrogen-bond donors (Lipinski definition) is 0. The van der Waals surface area contributed by atoms with Crippen molar-refractivity contribution in [3.8, 4) is 11.5 Å². The summed E-state index contributed by atoms with van der Waals surface area (Å²) in [5.41, 5.74) is 6.18. The van der Waals surface area contributed by atoms with E-state index >= 15 is 0 Å². The lowest BCUT2D eigenvalue weighted by molar-refractivity contribution is 0.387. The third kappa shape index (κ3) is 4.00. The first-order valence-electron chi connectivity index (χ1n) is 9.33. The minimum absolute atomic E-state index is 0.330. The van der Waals surface area contributed by atoms with Crippen LogP contribution in [0.2, 0.25) is 0 Å². The fraction of sp³-hybridized carbons (Fsp3) is 0.478. The minimum atomic E-state index is 0.330. The minimum Gasteiger partial charge on any atom is -0.496 e. The molecule has 0 fully saturated rings. The Balaban J connectivity index is 2.65. The van der Waals surface area contributed by atoms with Crippen molar-refractivity contribution in [3.63, 3.8) is 0 Å². The molecule has 0 saturated carbocycles. The van der Waals surface area contributed by atoms with Gasteiger partial charge in [-0.15, -0.1) is 0 Å². The first-order valence-corrected chi connectivity index (χ1v) is 9.33. The smallest absolute Gasteiger partial charge is 0.126 e. The number of ether oxygens (including phenoxy) is 2. The van der Waals surface area contributed by atoms with E-state index in [2.05, 4.69) is 58.0 Å². The lowest BCUT2D eigenvalue weighted by Crippen LogP contribution is -2.10. The molecule has 0 aliphatic carbocycles. The monoisotopic (exact) mass is 340 g/mol. The van der Waals surface area contributed by atoms with E-state index in [4.69, 9.17) is 9.47 Å². The van der Waals surface area contributed by atoms with E-state index in [9.17, 15) is 0 Å². The number of unbranched alkanes of at least 4 members (excludes halogenated alkanes) is 2. The molecule has 0 saturated heterocycles. The second-order valence-electron chi connectivity index (χ2n) is 6.81. The van der Waals surface area contributed by atoms with Gasteiger partial charge >= 0.3 is 0 Å². The molecule has 0 amide bonds. The van der Waals surface area contributed by atoms with Crippen molar-refractivity contribution >= 4 is 0 Å². The Kier molecular flexibility index (Phi) is 6.92. The van der Waals surface area contributed by atoms with Gasteiger partial charge in [0.15, 0.2) is 0 Å². The molecule has 2 rings (SSSR count). The first-order chi connectivity index (χ1) is 12.1. The molecule has 0 radical (unpaired) electrons. The topological polar surface area (TPSA) is 18.5 Å². The predicted octanol–water partition coefficient (Wildman–Crippen LogP) is 6.34. The van der Waals surface area contributed by atoms with Crippen LogP contribution in [0.3, 0.4) is 0 Å². The molecule has 2 heteroatoms. The molecule has 2 aromatic carbocycles. The van der Waals surface area contributed by atoms with Gasteiger partial charge in [-0.1, -0.05) is 56.5 Å². The molecule has 0 bridgehead atoms. The summed E-state index contributed by atoms with van der Waals surface area (Å²) >= 11 is 0. The molecule has 2 nitrogen and oxygen atoms in total. The summed E-state index contributed by atoms with van der Waals surface area (Å²) in [6.07, 6.45) is 4.83. The van der Waals surface area contributed by atoms with Crippen LogP contribution in [0.25, 0.3) is 0 Å². The molecule has 0 heterocycles. The number of methoxy groups -OCH3 is 2. The highest BCUT2D eigenvalue weighted by Gasteiger charge is 2.25. The Morgan fingerprint density at radius 1 is 0.800 bits per heavy atom. The van der Waals surface area contributed by atoms with Gasteiger partial charge in [-0.2, -0.15) is 0 Å². The van der Waals surface area contributed by atoms with E-state index < -0.39 is 0 Å². The van der Waals surface area contributed by atoms with E-state index in [1.807, 2.05) is 0 Å². The van der Waals surface area contributed by atoms with Crippen molar-refractivity contribution in [2.45, 2.75) is 59.3 Å². The molecular weight excluding hydrogens is 308 g/mol. The lowest BCUT2D eigenvalue weighted by atomic mass is 9.81. The Morgan fingerprint density at radius 3 is 1.96 bits per heavy atom. The van der Waals surface area contributed by atoms with Crippen LogP contribution >= 0.6 is 0 Å². The predicted molar refractivity (Wildman–Crippen MR) is 106 cm³/mol. The summed E-state index contributed by atoms with van der Waals surface area (Å²) in [5, 5.41) is 0. The van der Waals surface area contributed by atoms with Gasteiger partial charge in [-0.3, -0.25) is 0 Å². The second-order valence-corrected chi connectivity index (χ2v) is 6.81. The molecule has 25 heavy (non-hydrogen) atoms. The summed E-state index contributed by atoms with van der Waals surface area (Å²) in [4.78, 5) is 0. The number of rotatable bonds is 8. The van der Waals surface area contributed by atoms with Crippen molar-refractivity contribution < 1.29 is 9.47 Å². The summed E-state index contributed by atoms with van der Waals surface area (Å²) in [7, 11) is 3.55. The Bertz CT molecular complexity index is 689. The van der Waals surface area contributed by atoms with Crippen LogP contribution in [0.5, 0.6) is 11.5 Å². The standard InChI is InChI=1S/C23H32O2/c1-7-8-10-15-20(19-13-11-9-12-14-19)21-18(4)22(24-5)16(2)17(3)23(21)25-6/h9,11-14,20H,7-8,10,15H2,1-6H3. The van der Waals surface area contributed by atoms with Crippen LogP contribution in [0.15, 0.2) is 30.3 Å². The van der Waals surface area contributed by atoms with E-state index in [1.54, 1.807) is 14.2 Å². The average Bonchev–Trinajstić information content (AvgIpc) is 2.63. The second kappa shape index (κ2) is 8.94. The molecule has 136 valence electrons. The van der Waals surface area contributed by atoms with Crippen LogP contribution in [0.1, 0.15) is 66.3 Å². The van der Waals surface area contributed by atoms with E-state index in [1.165, 1.54) is 47.1 Å². The number of benzene rings is 2. The highest BCUT2D eigenvalue weighted by molar-refractivity contribution is 5.60. The van der Waals surface area contributed by atoms with Gasteiger partial charge in [-0.05, 0) is 49.4 Å². The molecule has 0 aliphatic rings. The van der Waals surface area contributed by atoms with Crippen molar-refractivity contribution in [1.29, 1.82) is 0 Å². The SMILES string of the molecule is CCCCCC(c1ccccc1)c1c(C)c(OC)c(C)c(C)c1OC. The highest BCUT2D eigenvalue weighted by atomic mass is 16.5. The molecule has 2 aromatic rings. The van der Waals surface area contributed by atoms with Gasteiger partial charge in [0, 0.05) is 11.5 Å². The lowest BCUT2D eigenvalue weighted by Gasteiger charge is -2.27. The number of hydrogen-bond acceptors (Lipinski definition) is 2. The van der Waals surface area contributed by atoms with Crippen LogP contribution in [0.4, 0.5) is 0 Å². The fourth-order valence-corrected chi connectivity index (χ4v) is 3.87. The summed E-state index contributed by atoms with van der Waals surface area (Å²) in [6.45, 7) is 8.66. The summed E-state index contributed by atoms with van der Waals surface area (Å²) < 4.78 is 11.6. The largest absolute Gasteiger partial charge is 0.496 e. The van der Waals surface area contributed by atoms with Crippen molar-refractivity contribution in [2.75, 3.05) is 14.2 Å². The Morgan fingerprint density at radius 2 is 1.40 bits per heavy atom. The van der Waals surface area contributed by atoms with Crippen LogP contribution < -0.4 is 9.47 Å². The average molecular weight is 341 g/mol. The highest BCUT2D eigenvalue weighted by Crippen LogP contribution is 2.45. The van der Waals surface area contributed by atoms with Gasteiger partial charge in [-0.25, -0.2) is 0 Å². The summed E-state index contributed by atoms with van der Waals surface area (Å²) in [6, 6.07) is 10.8. The zero-order valence-corrected chi connectivity index (χ0v) is 16.6. The maximum atomic E-state index is 5.89. The van der Waals surface area contributed by atoms with Gasteiger partial charge in [0.1, 0.15) is 11.5 Å². The van der Waals surface area contributed by atoms with Crippen LogP contribution in [-0.2, 0) is 0 Å². The van der Waals surface area contributed by atoms with Crippen LogP contribution in [-0.4, -0.2) is 14.2 Å². The van der Waals surface area contributed by atoms with Crippen molar-refractivity contribution in [1.82, 2.24) is 0 Å². The summed E-state index contributed by atoms with van der Waals surface area (Å²) in [5.74, 6) is 2.33. The Labute approximate surface area is 153 Å². The van der Waals surface area contributed by atoms with Crippen molar-refractivity contribution in [3.05, 3.63) is 58.1 Å². The quantitative estimate of drug-likeness (QED) is 0.522. The molecule has 1 unspecified atom stereocenters. The third-order valence-corrected chi connectivity index (χ3v) is 5.29. The zero-order valence-electron chi connectivity index (χ0n) is 16.6. The molecule has 0 spiro atoms. The van der Waals surface area contributed by atoms with E-state index in [0.29, 0.717) is 5.92 Å².